The fourth-order valence-electron chi connectivity index (χ4n) is 2.03. The SMILES string of the molecule is CC.Cc1cc2c(cc1C(F)(F)F)NC(=O)CC(C)N2. The number of aryl methyl sites for hydroxylation is 1. The van der Waals surface area contributed by atoms with E-state index in [2.05, 4.69) is 10.6 Å². The Balaban J connectivity index is 0.000000956. The van der Waals surface area contributed by atoms with Gasteiger partial charge in [-0.3, -0.25) is 4.79 Å². The average molecular weight is 288 g/mol. The van der Waals surface area contributed by atoms with Gasteiger partial charge in [-0.25, -0.2) is 0 Å². The molecule has 1 heterocycles. The molecule has 20 heavy (non-hydrogen) atoms. The first-order valence-corrected chi connectivity index (χ1v) is 6.55. The van der Waals surface area contributed by atoms with Crippen molar-refractivity contribution in [3.05, 3.63) is 23.3 Å². The van der Waals surface area contributed by atoms with E-state index in [1.165, 1.54) is 13.0 Å². The Morgan fingerprint density at radius 1 is 1.20 bits per heavy atom. The van der Waals surface area contributed by atoms with Crippen molar-refractivity contribution in [2.75, 3.05) is 10.6 Å². The lowest BCUT2D eigenvalue weighted by molar-refractivity contribution is -0.138. The van der Waals surface area contributed by atoms with E-state index in [-0.39, 0.29) is 29.6 Å². The van der Waals surface area contributed by atoms with Crippen LogP contribution in [0, 0.1) is 6.92 Å². The van der Waals surface area contributed by atoms with Crippen molar-refractivity contribution < 1.29 is 18.0 Å². The van der Waals surface area contributed by atoms with Gasteiger partial charge in [0, 0.05) is 12.5 Å². The largest absolute Gasteiger partial charge is 0.416 e. The lowest BCUT2D eigenvalue weighted by atomic mass is 10.1. The van der Waals surface area contributed by atoms with Gasteiger partial charge < -0.3 is 10.6 Å². The van der Waals surface area contributed by atoms with Crippen LogP contribution in [-0.4, -0.2) is 11.9 Å². The molecule has 1 aromatic rings. The molecule has 1 atom stereocenters. The number of benzene rings is 1. The fourth-order valence-corrected chi connectivity index (χ4v) is 2.03. The standard InChI is InChI=1S/C12H13F3N2O.C2H6/c1-6-3-9-10(5-8(6)12(13,14)15)17-11(18)4-7(2)16-9;1-2/h3,5,7,16H,4H2,1-2H3,(H,17,18);1-2H3. The lowest BCUT2D eigenvalue weighted by Crippen LogP contribution is -2.18. The van der Waals surface area contributed by atoms with Crippen LogP contribution in [0.15, 0.2) is 12.1 Å². The Kier molecular flexibility index (Phi) is 5.03. The van der Waals surface area contributed by atoms with Gasteiger partial charge in [0.1, 0.15) is 0 Å². The number of carbonyl (C=O) groups is 1. The second-order valence-corrected chi connectivity index (χ2v) is 4.51. The molecule has 112 valence electrons. The van der Waals surface area contributed by atoms with Crippen molar-refractivity contribution in [1.82, 2.24) is 0 Å². The van der Waals surface area contributed by atoms with E-state index >= 15 is 0 Å². The number of nitrogens with one attached hydrogen (secondary N) is 2. The number of carbonyl (C=O) groups excluding carboxylic acids is 1. The third-order valence-corrected chi connectivity index (χ3v) is 2.84. The predicted octanol–water partition coefficient (Wildman–Crippen LogP) is 4.18. The zero-order valence-electron chi connectivity index (χ0n) is 12.0. The molecule has 0 saturated carbocycles. The van der Waals surface area contributed by atoms with Crippen LogP contribution >= 0.6 is 0 Å². The number of rotatable bonds is 0. The molecular formula is C14H19F3N2O. The van der Waals surface area contributed by atoms with Crippen LogP contribution in [0.5, 0.6) is 0 Å². The van der Waals surface area contributed by atoms with Gasteiger partial charge in [0.15, 0.2) is 0 Å². The molecule has 1 amide bonds. The summed E-state index contributed by atoms with van der Waals surface area (Å²) in [6, 6.07) is 2.29. The van der Waals surface area contributed by atoms with E-state index in [9.17, 15) is 18.0 Å². The summed E-state index contributed by atoms with van der Waals surface area (Å²) in [4.78, 5) is 11.5. The van der Waals surface area contributed by atoms with E-state index in [1.807, 2.05) is 20.8 Å². The van der Waals surface area contributed by atoms with E-state index in [4.69, 9.17) is 0 Å². The topological polar surface area (TPSA) is 41.1 Å². The molecule has 1 aromatic carbocycles. The van der Waals surface area contributed by atoms with Crippen LogP contribution in [0.2, 0.25) is 0 Å². The van der Waals surface area contributed by atoms with Gasteiger partial charge in [-0.15, -0.1) is 0 Å². The first-order chi connectivity index (χ1) is 9.27. The number of hydrogen-bond donors (Lipinski definition) is 2. The van der Waals surface area contributed by atoms with E-state index in [1.54, 1.807) is 0 Å². The van der Waals surface area contributed by atoms with Gasteiger partial charge in [-0.05, 0) is 31.5 Å². The Labute approximate surface area is 116 Å². The minimum Gasteiger partial charge on any atom is -0.380 e. The molecule has 0 fully saturated rings. The summed E-state index contributed by atoms with van der Waals surface area (Å²) in [6.45, 7) is 7.21. The maximum absolute atomic E-state index is 12.8. The summed E-state index contributed by atoms with van der Waals surface area (Å²) in [5.74, 6) is -0.286. The number of hydrogen-bond acceptors (Lipinski definition) is 2. The van der Waals surface area contributed by atoms with Gasteiger partial charge >= 0.3 is 6.18 Å². The highest BCUT2D eigenvalue weighted by atomic mass is 19.4. The zero-order chi connectivity index (χ0) is 15.5. The maximum Gasteiger partial charge on any atom is 0.416 e. The van der Waals surface area contributed by atoms with Crippen LogP contribution in [0.25, 0.3) is 0 Å². The molecule has 1 unspecified atom stereocenters. The third-order valence-electron chi connectivity index (χ3n) is 2.84. The molecule has 0 bridgehead atoms. The van der Waals surface area contributed by atoms with Crippen molar-refractivity contribution in [3.8, 4) is 0 Å². The molecule has 6 heteroatoms. The van der Waals surface area contributed by atoms with Gasteiger partial charge in [0.2, 0.25) is 5.91 Å². The summed E-state index contributed by atoms with van der Waals surface area (Å²) in [5.41, 5.74) is 0.121. The van der Waals surface area contributed by atoms with Gasteiger partial charge in [-0.1, -0.05) is 13.8 Å². The molecule has 0 radical (unpaired) electrons. The summed E-state index contributed by atoms with van der Waals surface area (Å²) in [6.07, 6.45) is -4.18. The van der Waals surface area contributed by atoms with E-state index < -0.39 is 11.7 Å². The highest BCUT2D eigenvalue weighted by Crippen LogP contribution is 2.37. The van der Waals surface area contributed by atoms with Gasteiger partial charge in [0.05, 0.1) is 16.9 Å². The predicted molar refractivity (Wildman–Crippen MR) is 73.9 cm³/mol. The van der Waals surface area contributed by atoms with Crippen LogP contribution < -0.4 is 10.6 Å². The van der Waals surface area contributed by atoms with Crippen LogP contribution in [0.3, 0.4) is 0 Å². The molecular weight excluding hydrogens is 269 g/mol. The molecule has 0 aromatic heterocycles. The second-order valence-electron chi connectivity index (χ2n) is 4.51. The van der Waals surface area contributed by atoms with Crippen molar-refractivity contribution in [2.24, 2.45) is 0 Å². The summed E-state index contributed by atoms with van der Waals surface area (Å²) < 4.78 is 38.3. The van der Waals surface area contributed by atoms with Crippen LogP contribution in [-0.2, 0) is 11.0 Å². The Hall–Kier alpha value is -1.72. The van der Waals surface area contributed by atoms with Crippen molar-refractivity contribution in [3.63, 3.8) is 0 Å². The summed E-state index contributed by atoms with van der Waals surface area (Å²) in [5, 5.41) is 5.51. The normalized spacial score (nSPS) is 17.9. The molecule has 3 nitrogen and oxygen atoms in total. The van der Waals surface area contributed by atoms with Crippen molar-refractivity contribution >= 4 is 17.3 Å². The Morgan fingerprint density at radius 2 is 1.80 bits per heavy atom. The monoisotopic (exact) mass is 288 g/mol. The molecule has 2 N–H and O–H groups in total. The average Bonchev–Trinajstić information content (AvgIpc) is 2.46. The molecule has 0 spiro atoms. The van der Waals surface area contributed by atoms with E-state index in [0.29, 0.717) is 5.69 Å². The maximum atomic E-state index is 12.8. The Bertz CT molecular complexity index is 498. The smallest absolute Gasteiger partial charge is 0.380 e. The van der Waals surface area contributed by atoms with Crippen LogP contribution in [0.4, 0.5) is 24.5 Å². The first-order valence-electron chi connectivity index (χ1n) is 6.55. The van der Waals surface area contributed by atoms with Gasteiger partial charge in [0.25, 0.3) is 0 Å². The lowest BCUT2D eigenvalue weighted by Gasteiger charge is -2.16. The Morgan fingerprint density at radius 3 is 2.35 bits per heavy atom. The molecule has 0 aliphatic carbocycles. The number of amides is 1. The number of anilines is 2. The van der Waals surface area contributed by atoms with E-state index in [0.717, 1.165) is 6.07 Å². The van der Waals surface area contributed by atoms with Crippen molar-refractivity contribution in [2.45, 2.75) is 46.3 Å². The van der Waals surface area contributed by atoms with Crippen LogP contribution in [0.1, 0.15) is 38.3 Å². The minimum atomic E-state index is -4.41. The number of halogens is 3. The van der Waals surface area contributed by atoms with Crippen molar-refractivity contribution in [1.29, 1.82) is 0 Å². The summed E-state index contributed by atoms with van der Waals surface area (Å²) in [7, 11) is 0. The molecule has 2 rings (SSSR count). The first kappa shape index (κ1) is 16.3. The third kappa shape index (κ3) is 3.65. The fraction of sp³-hybridized carbons (Fsp3) is 0.500. The zero-order valence-corrected chi connectivity index (χ0v) is 12.0. The molecule has 1 aliphatic heterocycles. The molecule has 0 saturated heterocycles. The second kappa shape index (κ2) is 6.15. The molecule has 1 aliphatic rings. The number of alkyl halides is 3. The minimum absolute atomic E-state index is 0.109. The highest BCUT2D eigenvalue weighted by molar-refractivity contribution is 5.96. The number of fused-ring (bicyclic) bond motifs is 1. The highest BCUT2D eigenvalue weighted by Gasteiger charge is 2.34. The van der Waals surface area contributed by atoms with Gasteiger partial charge in [-0.2, -0.15) is 13.2 Å². The quantitative estimate of drug-likeness (QED) is 0.752. The summed E-state index contributed by atoms with van der Waals surface area (Å²) >= 11 is 0.